The number of hydrogen-bond acceptors (Lipinski definition) is 5. The van der Waals surface area contributed by atoms with E-state index < -0.39 is 5.43 Å². The molecule has 0 aliphatic rings. The Hall–Kier alpha value is -2.95. The number of aromatic hydroxyl groups is 2. The van der Waals surface area contributed by atoms with Crippen LogP contribution in [-0.2, 0) is 0 Å². The lowest BCUT2D eigenvalue weighted by atomic mass is 10.1. The van der Waals surface area contributed by atoms with E-state index in [0.717, 1.165) is 0 Å². The molecule has 4 aromatic rings. The minimum absolute atomic E-state index is 0.0514. The van der Waals surface area contributed by atoms with Crippen LogP contribution in [0.1, 0.15) is 0 Å². The van der Waals surface area contributed by atoms with E-state index in [1.807, 2.05) is 0 Å². The third-order valence-electron chi connectivity index (χ3n) is 3.36. The summed E-state index contributed by atoms with van der Waals surface area (Å²) >= 11 is 0. The molecule has 0 radical (unpaired) electrons. The van der Waals surface area contributed by atoms with Gasteiger partial charge in [-0.2, -0.15) is 0 Å². The Balaban J connectivity index is 2.37. The van der Waals surface area contributed by atoms with Crippen molar-refractivity contribution in [1.82, 2.24) is 0 Å². The lowest BCUT2D eigenvalue weighted by molar-refractivity contribution is 0.457. The molecule has 2 aromatic carbocycles. The molecule has 0 amide bonds. The van der Waals surface area contributed by atoms with Crippen molar-refractivity contribution in [1.29, 1.82) is 0 Å². The molecule has 0 bridgehead atoms. The van der Waals surface area contributed by atoms with Crippen LogP contribution in [0.4, 0.5) is 0 Å². The normalized spacial score (nSPS) is 11.6. The number of furan rings is 1. The number of phenolic OH excluding ortho intramolecular Hbond substituents is 2. The highest BCUT2D eigenvalue weighted by molar-refractivity contribution is 6.03. The molecule has 2 heterocycles. The first-order chi connectivity index (χ1) is 9.66. The van der Waals surface area contributed by atoms with Gasteiger partial charge in [0.1, 0.15) is 16.7 Å². The van der Waals surface area contributed by atoms with Crippen LogP contribution in [-0.4, -0.2) is 10.2 Å². The van der Waals surface area contributed by atoms with E-state index >= 15 is 0 Å². The van der Waals surface area contributed by atoms with Crippen molar-refractivity contribution >= 4 is 32.9 Å². The van der Waals surface area contributed by atoms with Crippen molar-refractivity contribution in [2.45, 2.75) is 0 Å². The molecule has 0 aliphatic carbocycles. The van der Waals surface area contributed by atoms with Gasteiger partial charge in [0.2, 0.25) is 11.2 Å². The summed E-state index contributed by atoms with van der Waals surface area (Å²) in [5, 5.41) is 20.9. The van der Waals surface area contributed by atoms with E-state index in [2.05, 4.69) is 0 Å². The SMILES string of the molecule is O=c1c2cc3ccoc3c(O)c2oc2cccc(O)c12. The Kier molecular flexibility index (Phi) is 1.93. The van der Waals surface area contributed by atoms with Gasteiger partial charge < -0.3 is 19.0 Å². The van der Waals surface area contributed by atoms with Gasteiger partial charge in [-0.1, -0.05) is 6.07 Å². The van der Waals surface area contributed by atoms with E-state index in [9.17, 15) is 15.0 Å². The molecular weight excluding hydrogens is 260 g/mol. The fourth-order valence-corrected chi connectivity index (χ4v) is 2.43. The molecule has 0 atom stereocenters. The van der Waals surface area contributed by atoms with E-state index in [1.54, 1.807) is 24.3 Å². The summed E-state index contributed by atoms with van der Waals surface area (Å²) in [7, 11) is 0. The summed E-state index contributed by atoms with van der Waals surface area (Å²) in [6.45, 7) is 0. The molecule has 2 aromatic heterocycles. The standard InChI is InChI=1S/C15H8O5/c16-9-2-1-3-10-11(9)12(17)8-6-7-4-5-19-14(7)13(18)15(8)20-10/h1-6,16,18H. The summed E-state index contributed by atoms with van der Waals surface area (Å²) in [5.41, 5.74) is 0.136. The largest absolute Gasteiger partial charge is 0.507 e. The minimum atomic E-state index is -0.391. The van der Waals surface area contributed by atoms with Crippen LogP contribution < -0.4 is 5.43 Å². The molecule has 0 saturated carbocycles. The second kappa shape index (κ2) is 3.54. The zero-order valence-electron chi connectivity index (χ0n) is 10.1. The van der Waals surface area contributed by atoms with Crippen LogP contribution >= 0.6 is 0 Å². The van der Waals surface area contributed by atoms with Crippen molar-refractivity contribution in [3.63, 3.8) is 0 Å². The summed E-state index contributed by atoms with van der Waals surface area (Å²) in [5.74, 6) is -0.366. The van der Waals surface area contributed by atoms with Gasteiger partial charge in [0.25, 0.3) is 0 Å². The summed E-state index contributed by atoms with van der Waals surface area (Å²) < 4.78 is 10.7. The molecule has 0 spiro atoms. The molecule has 2 N–H and O–H groups in total. The fraction of sp³-hybridized carbons (Fsp3) is 0. The Bertz CT molecular complexity index is 1040. The van der Waals surface area contributed by atoms with Gasteiger partial charge in [-0.25, -0.2) is 0 Å². The van der Waals surface area contributed by atoms with Gasteiger partial charge >= 0.3 is 0 Å². The first-order valence-electron chi connectivity index (χ1n) is 5.94. The van der Waals surface area contributed by atoms with Crippen LogP contribution in [0.3, 0.4) is 0 Å². The molecule has 20 heavy (non-hydrogen) atoms. The van der Waals surface area contributed by atoms with E-state index in [0.29, 0.717) is 5.39 Å². The van der Waals surface area contributed by atoms with E-state index in [-0.39, 0.29) is 39.0 Å². The number of phenols is 2. The Morgan fingerprint density at radius 1 is 1.05 bits per heavy atom. The van der Waals surface area contributed by atoms with E-state index in [1.165, 1.54) is 12.3 Å². The van der Waals surface area contributed by atoms with Crippen molar-refractivity contribution in [2.75, 3.05) is 0 Å². The second-order valence-corrected chi connectivity index (χ2v) is 4.52. The maximum absolute atomic E-state index is 12.5. The molecule has 0 fully saturated rings. The Morgan fingerprint density at radius 3 is 2.75 bits per heavy atom. The van der Waals surface area contributed by atoms with Crippen LogP contribution in [0, 0.1) is 0 Å². The second-order valence-electron chi connectivity index (χ2n) is 4.52. The number of hydrogen-bond donors (Lipinski definition) is 2. The monoisotopic (exact) mass is 268 g/mol. The molecule has 0 saturated heterocycles. The molecule has 4 rings (SSSR count). The van der Waals surface area contributed by atoms with Gasteiger partial charge in [0.05, 0.1) is 11.6 Å². The smallest absolute Gasteiger partial charge is 0.204 e. The lowest BCUT2D eigenvalue weighted by Gasteiger charge is -2.04. The topological polar surface area (TPSA) is 83.8 Å². The summed E-state index contributed by atoms with van der Waals surface area (Å²) in [4.78, 5) is 12.5. The van der Waals surface area contributed by atoms with Crippen LogP contribution in [0.2, 0.25) is 0 Å². The first-order valence-corrected chi connectivity index (χ1v) is 5.94. The number of rotatable bonds is 0. The van der Waals surface area contributed by atoms with Gasteiger partial charge in [0.15, 0.2) is 11.2 Å². The highest BCUT2D eigenvalue weighted by atomic mass is 16.4. The summed E-state index contributed by atoms with van der Waals surface area (Å²) in [6, 6.07) is 7.76. The van der Waals surface area contributed by atoms with Gasteiger partial charge in [0, 0.05) is 5.39 Å². The number of benzene rings is 2. The van der Waals surface area contributed by atoms with Gasteiger partial charge in [-0.05, 0) is 24.3 Å². The van der Waals surface area contributed by atoms with Crippen LogP contribution in [0.15, 0.2) is 50.2 Å². The first kappa shape index (κ1) is 10.9. The predicted molar refractivity (Wildman–Crippen MR) is 73.1 cm³/mol. The van der Waals surface area contributed by atoms with Gasteiger partial charge in [-0.3, -0.25) is 4.79 Å². The van der Waals surface area contributed by atoms with Crippen LogP contribution in [0.5, 0.6) is 11.5 Å². The molecule has 5 heteroatoms. The highest BCUT2D eigenvalue weighted by Gasteiger charge is 2.17. The van der Waals surface area contributed by atoms with Crippen LogP contribution in [0.25, 0.3) is 32.9 Å². The fourth-order valence-electron chi connectivity index (χ4n) is 2.43. The average molecular weight is 268 g/mol. The van der Waals surface area contributed by atoms with Gasteiger partial charge in [-0.15, -0.1) is 0 Å². The molecular formula is C15H8O5. The highest BCUT2D eigenvalue weighted by Crippen LogP contribution is 2.35. The maximum atomic E-state index is 12.5. The quantitative estimate of drug-likeness (QED) is 0.479. The molecule has 98 valence electrons. The zero-order chi connectivity index (χ0) is 13.9. The van der Waals surface area contributed by atoms with E-state index in [4.69, 9.17) is 8.83 Å². The lowest BCUT2D eigenvalue weighted by Crippen LogP contribution is -2.02. The van der Waals surface area contributed by atoms with Crippen molar-refractivity contribution in [3.8, 4) is 11.5 Å². The average Bonchev–Trinajstić information content (AvgIpc) is 2.89. The van der Waals surface area contributed by atoms with Crippen molar-refractivity contribution in [3.05, 3.63) is 46.8 Å². The predicted octanol–water partition coefficient (Wildman–Crippen LogP) is 3.10. The molecule has 0 unspecified atom stereocenters. The third kappa shape index (κ3) is 1.23. The van der Waals surface area contributed by atoms with Crippen molar-refractivity contribution in [2.24, 2.45) is 0 Å². The molecule has 0 aliphatic heterocycles. The Labute approximate surface area is 111 Å². The summed E-state index contributed by atoms with van der Waals surface area (Å²) in [6.07, 6.45) is 1.42. The minimum Gasteiger partial charge on any atom is -0.507 e. The Morgan fingerprint density at radius 2 is 1.90 bits per heavy atom. The van der Waals surface area contributed by atoms with Crippen molar-refractivity contribution < 1.29 is 19.0 Å². The number of fused-ring (bicyclic) bond motifs is 3. The molecule has 5 nitrogen and oxygen atoms in total. The third-order valence-corrected chi connectivity index (χ3v) is 3.36. The maximum Gasteiger partial charge on any atom is 0.204 e. The zero-order valence-corrected chi connectivity index (χ0v) is 10.1.